The monoisotopic (exact) mass is 269 g/mol. The third-order valence-corrected chi connectivity index (χ3v) is 4.23. The van der Waals surface area contributed by atoms with Gasteiger partial charge >= 0.3 is 5.97 Å². The van der Waals surface area contributed by atoms with Crippen LogP contribution in [-0.4, -0.2) is 47.8 Å². The molecular weight excluding hydrogens is 242 g/mol. The van der Waals surface area contributed by atoms with Gasteiger partial charge in [0.1, 0.15) is 0 Å². The summed E-state index contributed by atoms with van der Waals surface area (Å²) >= 11 is 0. The maximum absolute atomic E-state index is 11.6. The van der Waals surface area contributed by atoms with Gasteiger partial charge in [0.15, 0.2) is 0 Å². The highest BCUT2D eigenvalue weighted by molar-refractivity contribution is 5.71. The Morgan fingerprint density at radius 3 is 2.58 bits per heavy atom. The molecular formula is C15H27NO3. The molecule has 0 amide bonds. The van der Waals surface area contributed by atoms with E-state index in [9.17, 15) is 9.90 Å². The first-order chi connectivity index (χ1) is 9.19. The van der Waals surface area contributed by atoms with Crippen LogP contribution < -0.4 is 0 Å². The van der Waals surface area contributed by atoms with Crippen LogP contribution in [0.15, 0.2) is 0 Å². The number of ether oxygens (including phenoxy) is 1. The van der Waals surface area contributed by atoms with Crippen molar-refractivity contribution in [3.8, 4) is 0 Å². The Hall–Kier alpha value is -0.610. The zero-order valence-electron chi connectivity index (χ0n) is 12.0. The van der Waals surface area contributed by atoms with E-state index in [0.29, 0.717) is 31.7 Å². The summed E-state index contributed by atoms with van der Waals surface area (Å²) < 4.78 is 5.00. The summed E-state index contributed by atoms with van der Waals surface area (Å²) in [5.41, 5.74) is 0. The molecule has 0 heterocycles. The van der Waals surface area contributed by atoms with Crippen molar-refractivity contribution in [1.82, 2.24) is 4.90 Å². The first-order valence-corrected chi connectivity index (χ1v) is 7.76. The standard InChI is InChI=1S/C15H27NO3/c1-2-19-15(18)11-16(13-7-8-13)10-14(17)9-12-5-3-4-6-12/h12-14,17H,2-11H2,1H3. The molecule has 1 N–H and O–H groups in total. The number of esters is 1. The van der Waals surface area contributed by atoms with E-state index in [0.717, 1.165) is 19.3 Å². The molecule has 0 aromatic heterocycles. The molecule has 2 fully saturated rings. The summed E-state index contributed by atoms with van der Waals surface area (Å²) in [5.74, 6) is 0.529. The molecule has 2 aliphatic rings. The van der Waals surface area contributed by atoms with Gasteiger partial charge in [0.2, 0.25) is 0 Å². The summed E-state index contributed by atoms with van der Waals surface area (Å²) in [6.45, 7) is 3.22. The number of carbonyl (C=O) groups is 1. The summed E-state index contributed by atoms with van der Waals surface area (Å²) in [6.07, 6.45) is 8.05. The molecule has 2 rings (SSSR count). The van der Waals surface area contributed by atoms with Crippen LogP contribution >= 0.6 is 0 Å². The Labute approximate surface area is 116 Å². The van der Waals surface area contributed by atoms with Crippen LogP contribution in [0.2, 0.25) is 0 Å². The molecule has 2 aliphatic carbocycles. The van der Waals surface area contributed by atoms with Gasteiger partial charge in [-0.2, -0.15) is 0 Å². The van der Waals surface area contributed by atoms with Crippen LogP contribution in [0.1, 0.15) is 51.9 Å². The molecule has 110 valence electrons. The Morgan fingerprint density at radius 2 is 2.00 bits per heavy atom. The molecule has 0 spiro atoms. The zero-order valence-corrected chi connectivity index (χ0v) is 12.0. The molecule has 4 nitrogen and oxygen atoms in total. The second kappa shape index (κ2) is 7.25. The van der Waals surface area contributed by atoms with Gasteiger partial charge in [0.05, 0.1) is 19.3 Å². The number of hydrogen-bond donors (Lipinski definition) is 1. The lowest BCUT2D eigenvalue weighted by Crippen LogP contribution is -2.39. The van der Waals surface area contributed by atoms with Gasteiger partial charge < -0.3 is 9.84 Å². The van der Waals surface area contributed by atoms with E-state index >= 15 is 0 Å². The maximum Gasteiger partial charge on any atom is 0.320 e. The highest BCUT2D eigenvalue weighted by Crippen LogP contribution is 2.30. The average molecular weight is 269 g/mol. The normalized spacial score (nSPS) is 21.8. The molecule has 0 aromatic carbocycles. The van der Waals surface area contributed by atoms with E-state index in [1.165, 1.54) is 25.7 Å². The molecule has 1 atom stereocenters. The van der Waals surface area contributed by atoms with Gasteiger partial charge in [-0.25, -0.2) is 0 Å². The number of rotatable bonds is 8. The Kier molecular flexibility index (Phi) is 5.64. The van der Waals surface area contributed by atoms with Gasteiger partial charge in [-0.3, -0.25) is 9.69 Å². The van der Waals surface area contributed by atoms with E-state index in [2.05, 4.69) is 4.90 Å². The molecule has 0 bridgehead atoms. The third kappa shape index (κ3) is 5.11. The largest absolute Gasteiger partial charge is 0.465 e. The highest BCUT2D eigenvalue weighted by atomic mass is 16.5. The van der Waals surface area contributed by atoms with Gasteiger partial charge in [-0.1, -0.05) is 25.7 Å². The number of carbonyl (C=O) groups excluding carboxylic acids is 1. The van der Waals surface area contributed by atoms with E-state index in [4.69, 9.17) is 4.74 Å². The number of aliphatic hydroxyl groups is 1. The lowest BCUT2D eigenvalue weighted by atomic mass is 10.00. The van der Waals surface area contributed by atoms with Crippen molar-refractivity contribution in [2.45, 2.75) is 64.0 Å². The SMILES string of the molecule is CCOC(=O)CN(CC(O)CC1CCCC1)C1CC1. The molecule has 1 unspecified atom stereocenters. The van der Waals surface area contributed by atoms with Crippen LogP contribution in [0.25, 0.3) is 0 Å². The van der Waals surface area contributed by atoms with Crippen molar-refractivity contribution in [1.29, 1.82) is 0 Å². The fourth-order valence-corrected chi connectivity index (χ4v) is 3.13. The van der Waals surface area contributed by atoms with Gasteiger partial charge in [-0.05, 0) is 32.1 Å². The van der Waals surface area contributed by atoms with Gasteiger partial charge in [0.25, 0.3) is 0 Å². The number of hydrogen-bond acceptors (Lipinski definition) is 4. The number of aliphatic hydroxyl groups excluding tert-OH is 1. The predicted octanol–water partition coefficient (Wildman–Crippen LogP) is 1.96. The third-order valence-electron chi connectivity index (χ3n) is 4.23. The van der Waals surface area contributed by atoms with E-state index in [1.54, 1.807) is 0 Å². The van der Waals surface area contributed by atoms with Crippen molar-refractivity contribution in [2.24, 2.45) is 5.92 Å². The molecule has 19 heavy (non-hydrogen) atoms. The molecule has 0 saturated heterocycles. The van der Waals surface area contributed by atoms with Crippen LogP contribution in [0.4, 0.5) is 0 Å². The van der Waals surface area contributed by atoms with Crippen molar-refractivity contribution in [3.05, 3.63) is 0 Å². The Bertz CT molecular complexity index is 285. The quantitative estimate of drug-likeness (QED) is 0.684. The minimum atomic E-state index is -0.293. The van der Waals surface area contributed by atoms with E-state index < -0.39 is 0 Å². The number of nitrogens with zero attached hydrogens (tertiary/aromatic N) is 1. The topological polar surface area (TPSA) is 49.8 Å². The zero-order chi connectivity index (χ0) is 13.7. The van der Waals surface area contributed by atoms with Crippen LogP contribution in [0.3, 0.4) is 0 Å². The maximum atomic E-state index is 11.6. The molecule has 0 aromatic rings. The molecule has 2 saturated carbocycles. The molecule has 0 radical (unpaired) electrons. The Balaban J connectivity index is 1.73. The average Bonchev–Trinajstić information content (AvgIpc) is 3.08. The molecule has 0 aliphatic heterocycles. The lowest BCUT2D eigenvalue weighted by Gasteiger charge is -2.25. The van der Waals surface area contributed by atoms with Crippen LogP contribution in [0.5, 0.6) is 0 Å². The van der Waals surface area contributed by atoms with Gasteiger partial charge in [-0.15, -0.1) is 0 Å². The Morgan fingerprint density at radius 1 is 1.32 bits per heavy atom. The van der Waals surface area contributed by atoms with Crippen LogP contribution in [-0.2, 0) is 9.53 Å². The van der Waals surface area contributed by atoms with Crippen molar-refractivity contribution >= 4 is 5.97 Å². The highest BCUT2D eigenvalue weighted by Gasteiger charge is 2.32. The van der Waals surface area contributed by atoms with Crippen molar-refractivity contribution in [2.75, 3.05) is 19.7 Å². The summed E-state index contributed by atoms with van der Waals surface area (Å²) in [7, 11) is 0. The smallest absolute Gasteiger partial charge is 0.320 e. The second-order valence-corrected chi connectivity index (χ2v) is 6.01. The van der Waals surface area contributed by atoms with Gasteiger partial charge in [0, 0.05) is 12.6 Å². The lowest BCUT2D eigenvalue weighted by molar-refractivity contribution is -0.144. The second-order valence-electron chi connectivity index (χ2n) is 6.01. The van der Waals surface area contributed by atoms with Crippen molar-refractivity contribution < 1.29 is 14.6 Å². The van der Waals surface area contributed by atoms with E-state index in [1.807, 2.05) is 6.92 Å². The summed E-state index contributed by atoms with van der Waals surface area (Å²) in [5, 5.41) is 10.2. The van der Waals surface area contributed by atoms with Crippen molar-refractivity contribution in [3.63, 3.8) is 0 Å². The fraction of sp³-hybridized carbons (Fsp3) is 0.933. The molecule has 4 heteroatoms. The van der Waals surface area contributed by atoms with Crippen LogP contribution in [0, 0.1) is 5.92 Å². The predicted molar refractivity (Wildman–Crippen MR) is 73.8 cm³/mol. The first-order valence-electron chi connectivity index (χ1n) is 7.76. The first kappa shape index (κ1) is 14.8. The minimum absolute atomic E-state index is 0.164. The fourth-order valence-electron chi connectivity index (χ4n) is 3.13. The minimum Gasteiger partial charge on any atom is -0.465 e. The summed E-state index contributed by atoms with van der Waals surface area (Å²) in [4.78, 5) is 13.7. The summed E-state index contributed by atoms with van der Waals surface area (Å²) in [6, 6.07) is 0.489. The van der Waals surface area contributed by atoms with E-state index in [-0.39, 0.29) is 12.1 Å².